The number of rotatable bonds is 5. The zero-order valence-corrected chi connectivity index (χ0v) is 22.3. The van der Waals surface area contributed by atoms with Gasteiger partial charge in [-0.05, 0) is 35.4 Å². The molecule has 202 valence electrons. The Morgan fingerprint density at radius 1 is 1.03 bits per heavy atom. The summed E-state index contributed by atoms with van der Waals surface area (Å²) >= 11 is 1.49. The smallest absolute Gasteiger partial charge is 0.321 e. The van der Waals surface area contributed by atoms with E-state index in [4.69, 9.17) is 10.5 Å². The molecule has 0 bridgehead atoms. The number of ether oxygens (including phenoxy) is 1. The molecule has 2 fully saturated rings. The van der Waals surface area contributed by atoms with E-state index in [9.17, 15) is 9.18 Å². The molecule has 0 saturated carbocycles. The van der Waals surface area contributed by atoms with E-state index >= 15 is 0 Å². The predicted octanol–water partition coefficient (Wildman–Crippen LogP) is 4.27. The van der Waals surface area contributed by atoms with Crippen LogP contribution in [0.1, 0.15) is 5.56 Å². The number of aromatic nitrogens is 2. The number of benzene rings is 2. The summed E-state index contributed by atoms with van der Waals surface area (Å²) in [5, 5.41) is 5.97. The summed E-state index contributed by atoms with van der Waals surface area (Å²) in [6.45, 7) is 6.49. The predicted molar refractivity (Wildman–Crippen MR) is 153 cm³/mol. The van der Waals surface area contributed by atoms with E-state index in [1.54, 1.807) is 12.1 Å². The highest BCUT2D eigenvalue weighted by Gasteiger charge is 2.26. The Labute approximate surface area is 230 Å². The van der Waals surface area contributed by atoms with Crippen molar-refractivity contribution in [2.75, 3.05) is 68.4 Å². The number of nitrogens with two attached hydrogens (primary N) is 1. The lowest BCUT2D eigenvalue weighted by molar-refractivity contribution is 0.0342. The molecule has 2 saturated heterocycles. The van der Waals surface area contributed by atoms with Gasteiger partial charge in [0.15, 0.2) is 0 Å². The molecule has 0 unspecified atom stereocenters. The quantitative estimate of drug-likeness (QED) is 0.385. The zero-order chi connectivity index (χ0) is 26.8. The number of nitrogens with zero attached hydrogens (tertiary/aromatic N) is 5. The van der Waals surface area contributed by atoms with E-state index in [0.29, 0.717) is 26.2 Å². The number of urea groups is 1. The van der Waals surface area contributed by atoms with Crippen LogP contribution in [0.3, 0.4) is 0 Å². The van der Waals surface area contributed by atoms with Crippen molar-refractivity contribution < 1.29 is 13.9 Å². The van der Waals surface area contributed by atoms with E-state index < -0.39 is 0 Å². The molecule has 0 spiro atoms. The number of amides is 2. The summed E-state index contributed by atoms with van der Waals surface area (Å²) in [5.41, 5.74) is 9.85. The van der Waals surface area contributed by atoms with Gasteiger partial charge in [-0.3, -0.25) is 4.90 Å². The Morgan fingerprint density at radius 2 is 1.79 bits per heavy atom. The van der Waals surface area contributed by atoms with E-state index in [0.717, 1.165) is 71.3 Å². The highest BCUT2D eigenvalue weighted by molar-refractivity contribution is 7.17. The summed E-state index contributed by atoms with van der Waals surface area (Å²) < 4.78 is 19.0. The topological polar surface area (TPSA) is 99.8 Å². The number of fused-ring (bicyclic) bond motifs is 1. The Bertz CT molecular complexity index is 1460. The molecule has 4 aromatic rings. The van der Waals surface area contributed by atoms with Gasteiger partial charge in [0.2, 0.25) is 5.95 Å². The van der Waals surface area contributed by atoms with E-state index in [-0.39, 0.29) is 17.8 Å². The van der Waals surface area contributed by atoms with Crippen molar-refractivity contribution in [3.8, 4) is 11.1 Å². The third-order valence-electron chi connectivity index (χ3n) is 7.14. The first kappa shape index (κ1) is 25.5. The fourth-order valence-electron chi connectivity index (χ4n) is 5.10. The van der Waals surface area contributed by atoms with Gasteiger partial charge in [-0.2, -0.15) is 4.98 Å². The minimum Gasteiger partial charge on any atom is -0.379 e. The molecule has 0 atom stereocenters. The number of halogens is 1. The third kappa shape index (κ3) is 5.65. The fourth-order valence-corrected chi connectivity index (χ4v) is 6.05. The number of hydrogen-bond donors (Lipinski definition) is 2. The molecular formula is C28H30FN7O2S. The Kier molecular flexibility index (Phi) is 7.27. The number of piperazine rings is 1. The van der Waals surface area contributed by atoms with Gasteiger partial charge in [0.1, 0.15) is 16.5 Å². The molecule has 11 heteroatoms. The van der Waals surface area contributed by atoms with E-state index in [2.05, 4.69) is 31.2 Å². The molecule has 0 radical (unpaired) electrons. The van der Waals surface area contributed by atoms with Crippen molar-refractivity contribution in [2.45, 2.75) is 6.54 Å². The van der Waals surface area contributed by atoms with E-state index in [1.807, 2.05) is 28.5 Å². The van der Waals surface area contributed by atoms with Crippen molar-refractivity contribution in [3.63, 3.8) is 0 Å². The highest BCUT2D eigenvalue weighted by Crippen LogP contribution is 2.39. The number of morpholine rings is 1. The van der Waals surface area contributed by atoms with Crippen LogP contribution < -0.4 is 16.0 Å². The van der Waals surface area contributed by atoms with Crippen molar-refractivity contribution in [1.82, 2.24) is 19.8 Å². The van der Waals surface area contributed by atoms with Gasteiger partial charge < -0.3 is 25.6 Å². The largest absolute Gasteiger partial charge is 0.379 e. The molecule has 9 nitrogen and oxygen atoms in total. The summed E-state index contributed by atoms with van der Waals surface area (Å²) in [5.74, 6) is 0.674. The first-order chi connectivity index (χ1) is 19.0. The summed E-state index contributed by atoms with van der Waals surface area (Å²) in [4.78, 5) is 29.2. The van der Waals surface area contributed by atoms with Crippen LogP contribution >= 0.6 is 11.3 Å². The second kappa shape index (κ2) is 11.1. The number of hydrogen-bond acceptors (Lipinski definition) is 8. The maximum atomic E-state index is 13.5. The lowest BCUT2D eigenvalue weighted by Crippen LogP contribution is -2.50. The number of carbonyl (C=O) groups is 1. The Morgan fingerprint density at radius 3 is 2.56 bits per heavy atom. The highest BCUT2D eigenvalue weighted by atomic mass is 32.1. The second-order valence-corrected chi connectivity index (χ2v) is 10.6. The van der Waals surface area contributed by atoms with Crippen LogP contribution in [-0.4, -0.2) is 78.3 Å². The van der Waals surface area contributed by atoms with Crippen LogP contribution in [0.25, 0.3) is 21.3 Å². The molecule has 4 heterocycles. The molecule has 3 N–H and O–H groups in total. The van der Waals surface area contributed by atoms with Gasteiger partial charge in [0.25, 0.3) is 0 Å². The SMILES string of the molecule is Nc1nc(N2CCN(C(=O)Nc3cccc(CN4CCOCC4)c3)CC2)c2c(-c3ccc(F)cc3)csc2n1. The molecule has 6 rings (SSSR count). The minimum absolute atomic E-state index is 0.118. The maximum absolute atomic E-state index is 13.5. The monoisotopic (exact) mass is 547 g/mol. The molecule has 0 aliphatic carbocycles. The lowest BCUT2D eigenvalue weighted by Gasteiger charge is -2.35. The van der Waals surface area contributed by atoms with Gasteiger partial charge in [-0.25, -0.2) is 14.2 Å². The average Bonchev–Trinajstić information content (AvgIpc) is 3.37. The Hall–Kier alpha value is -3.80. The lowest BCUT2D eigenvalue weighted by atomic mass is 10.1. The number of nitrogen functional groups attached to an aromatic ring is 1. The summed E-state index contributed by atoms with van der Waals surface area (Å²) in [6.07, 6.45) is 0. The van der Waals surface area contributed by atoms with E-state index in [1.165, 1.54) is 23.5 Å². The van der Waals surface area contributed by atoms with Crippen LogP contribution in [-0.2, 0) is 11.3 Å². The number of anilines is 3. The standard InChI is InChI=1S/C28H30FN7O2S/c29-21-6-4-20(5-7-21)23-18-39-26-24(23)25(32-27(30)33-26)35-8-10-36(11-9-35)28(37)31-22-3-1-2-19(16-22)17-34-12-14-38-15-13-34/h1-7,16,18H,8-15,17H2,(H,31,37)(H2,30,32,33). The van der Waals surface area contributed by atoms with Gasteiger partial charge in [-0.1, -0.05) is 24.3 Å². The van der Waals surface area contributed by atoms with Gasteiger partial charge in [0, 0.05) is 62.4 Å². The molecule has 2 aliphatic heterocycles. The van der Waals surface area contributed by atoms with Gasteiger partial charge in [0.05, 0.1) is 18.6 Å². The third-order valence-corrected chi connectivity index (χ3v) is 8.01. The van der Waals surface area contributed by atoms with Crippen LogP contribution in [0.2, 0.25) is 0 Å². The molecule has 2 aliphatic rings. The average molecular weight is 548 g/mol. The van der Waals surface area contributed by atoms with Crippen molar-refractivity contribution >= 4 is 45.0 Å². The van der Waals surface area contributed by atoms with Gasteiger partial charge >= 0.3 is 6.03 Å². The van der Waals surface area contributed by atoms with Crippen LogP contribution in [0, 0.1) is 5.82 Å². The van der Waals surface area contributed by atoms with Gasteiger partial charge in [-0.15, -0.1) is 11.3 Å². The van der Waals surface area contributed by atoms with Crippen LogP contribution in [0.4, 0.5) is 26.6 Å². The minimum atomic E-state index is -0.280. The van der Waals surface area contributed by atoms with Crippen molar-refractivity contribution in [1.29, 1.82) is 0 Å². The molecule has 2 amide bonds. The normalized spacial score (nSPS) is 16.5. The molecule has 2 aromatic heterocycles. The summed E-state index contributed by atoms with van der Waals surface area (Å²) in [6, 6.07) is 14.3. The zero-order valence-electron chi connectivity index (χ0n) is 21.5. The first-order valence-corrected chi connectivity index (χ1v) is 13.9. The number of thiophene rings is 1. The van der Waals surface area contributed by atoms with Crippen molar-refractivity contribution in [3.05, 3.63) is 65.3 Å². The van der Waals surface area contributed by atoms with Crippen molar-refractivity contribution in [2.24, 2.45) is 0 Å². The summed E-state index contributed by atoms with van der Waals surface area (Å²) in [7, 11) is 0. The number of carbonyl (C=O) groups excluding carboxylic acids is 1. The Balaban J connectivity index is 1.13. The maximum Gasteiger partial charge on any atom is 0.321 e. The number of nitrogens with one attached hydrogen (secondary N) is 1. The van der Waals surface area contributed by atoms with Crippen LogP contribution in [0.5, 0.6) is 0 Å². The molecule has 2 aromatic carbocycles. The molecular weight excluding hydrogens is 517 g/mol. The molecule has 39 heavy (non-hydrogen) atoms. The second-order valence-electron chi connectivity index (χ2n) is 9.73. The fraction of sp³-hybridized carbons (Fsp3) is 0.321. The van der Waals surface area contributed by atoms with Crippen LogP contribution in [0.15, 0.2) is 53.9 Å². The first-order valence-electron chi connectivity index (χ1n) is 13.0.